The van der Waals surface area contributed by atoms with Crippen LogP contribution < -0.4 is 0 Å². The van der Waals surface area contributed by atoms with Gasteiger partial charge in [-0.15, -0.1) is 0 Å². The molecule has 3 rings (SSSR count). The van der Waals surface area contributed by atoms with E-state index in [0.29, 0.717) is 18.7 Å². The zero-order chi connectivity index (χ0) is 25.6. The molecule has 0 saturated carbocycles. The Labute approximate surface area is 210 Å². The summed E-state index contributed by atoms with van der Waals surface area (Å²) >= 11 is 0. The van der Waals surface area contributed by atoms with Crippen molar-refractivity contribution in [2.45, 2.75) is 65.6 Å². The van der Waals surface area contributed by atoms with Gasteiger partial charge in [-0.25, -0.2) is 0 Å². The minimum atomic E-state index is -0.105. The van der Waals surface area contributed by atoms with E-state index in [2.05, 4.69) is 20.8 Å². The van der Waals surface area contributed by atoms with Crippen LogP contribution in [-0.2, 0) is 30.3 Å². The number of carbonyl (C=O) groups is 2. The first kappa shape index (κ1) is 26.3. The largest absolute Gasteiger partial charge is 0.353 e. The molecule has 3 aromatic rings. The zero-order valence-corrected chi connectivity index (χ0v) is 22.0. The van der Waals surface area contributed by atoms with Gasteiger partial charge in [0.15, 0.2) is 0 Å². The number of amides is 2. The summed E-state index contributed by atoms with van der Waals surface area (Å²) < 4.78 is 2.03. The van der Waals surface area contributed by atoms with Crippen molar-refractivity contribution in [3.8, 4) is 0 Å². The molecular weight excluding hydrogens is 434 g/mol. The van der Waals surface area contributed by atoms with Crippen molar-refractivity contribution in [2.24, 2.45) is 7.05 Å². The predicted molar refractivity (Wildman–Crippen MR) is 142 cm³/mol. The first-order valence-corrected chi connectivity index (χ1v) is 12.4. The van der Waals surface area contributed by atoms with Crippen molar-refractivity contribution in [1.82, 2.24) is 14.4 Å². The van der Waals surface area contributed by atoms with Crippen molar-refractivity contribution in [2.75, 3.05) is 6.54 Å². The Morgan fingerprint density at radius 2 is 1.57 bits per heavy atom. The second kappa shape index (κ2) is 11.4. The molecule has 0 radical (unpaired) electrons. The van der Waals surface area contributed by atoms with Crippen LogP contribution >= 0.6 is 0 Å². The molecule has 2 amide bonds. The molecule has 1 unspecified atom stereocenters. The van der Waals surface area contributed by atoms with Gasteiger partial charge < -0.3 is 14.4 Å². The van der Waals surface area contributed by atoms with E-state index in [1.807, 2.05) is 103 Å². The molecule has 5 heteroatoms. The molecule has 5 nitrogen and oxygen atoms in total. The molecule has 2 aromatic carbocycles. The summed E-state index contributed by atoms with van der Waals surface area (Å²) in [5.41, 5.74) is 3.92. The summed E-state index contributed by atoms with van der Waals surface area (Å²) in [6, 6.07) is 21.7. The minimum absolute atomic E-state index is 0.0167. The summed E-state index contributed by atoms with van der Waals surface area (Å²) in [6.07, 6.45) is 2.76. The average molecular weight is 474 g/mol. The molecule has 186 valence electrons. The Morgan fingerprint density at radius 1 is 0.914 bits per heavy atom. The molecule has 1 heterocycles. The van der Waals surface area contributed by atoms with Crippen molar-refractivity contribution >= 4 is 11.8 Å². The summed E-state index contributed by atoms with van der Waals surface area (Å²) in [5, 5.41) is 0. The number of rotatable bonds is 9. The van der Waals surface area contributed by atoms with E-state index in [9.17, 15) is 9.59 Å². The quantitative estimate of drug-likeness (QED) is 0.395. The lowest BCUT2D eigenvalue weighted by molar-refractivity contribution is -0.133. The Hall–Kier alpha value is -3.34. The Kier molecular flexibility index (Phi) is 8.55. The number of aromatic nitrogens is 1. The van der Waals surface area contributed by atoms with Crippen LogP contribution in [-0.4, -0.2) is 38.8 Å². The average Bonchev–Trinajstić information content (AvgIpc) is 3.25. The van der Waals surface area contributed by atoms with Crippen LogP contribution in [0.3, 0.4) is 0 Å². The maximum atomic E-state index is 13.7. The van der Waals surface area contributed by atoms with Crippen LogP contribution in [0.4, 0.5) is 0 Å². The molecule has 1 atom stereocenters. The van der Waals surface area contributed by atoms with Crippen molar-refractivity contribution in [1.29, 1.82) is 0 Å². The first-order valence-electron chi connectivity index (χ1n) is 12.4. The maximum absolute atomic E-state index is 13.7. The fourth-order valence-corrected chi connectivity index (χ4v) is 4.06. The predicted octanol–water partition coefficient (Wildman–Crippen LogP) is 5.79. The van der Waals surface area contributed by atoms with Crippen LogP contribution in [0, 0.1) is 0 Å². The standard InChI is InChI=1S/C30H39N3O2/c1-7-23(2)33(29(35)25-15-17-26(18-16-25)30(3,4)5)22-28(34)32(20-24-12-9-8-10-13-24)21-27-14-11-19-31(27)6/h8-19,23H,7,20-22H2,1-6H3. The Balaban J connectivity index is 1.84. The SMILES string of the molecule is CCC(C)N(CC(=O)N(Cc1ccccc1)Cc1cccn1C)C(=O)c1ccc(C(C)(C)C)cc1. The number of hydrogen-bond donors (Lipinski definition) is 0. The molecule has 0 aliphatic rings. The third-order valence-electron chi connectivity index (χ3n) is 6.66. The molecule has 0 bridgehead atoms. The molecule has 0 spiro atoms. The topological polar surface area (TPSA) is 45.6 Å². The molecule has 0 aliphatic carbocycles. The molecule has 0 N–H and O–H groups in total. The van der Waals surface area contributed by atoms with Gasteiger partial charge in [0.05, 0.1) is 6.54 Å². The van der Waals surface area contributed by atoms with Gasteiger partial charge in [0.25, 0.3) is 5.91 Å². The fraction of sp³-hybridized carbons (Fsp3) is 0.400. The first-order chi connectivity index (χ1) is 16.6. The summed E-state index contributed by atoms with van der Waals surface area (Å²) in [6.45, 7) is 11.5. The highest BCUT2D eigenvalue weighted by atomic mass is 16.2. The van der Waals surface area contributed by atoms with Crippen molar-refractivity contribution in [3.05, 3.63) is 95.3 Å². The van der Waals surface area contributed by atoms with Gasteiger partial charge in [-0.3, -0.25) is 9.59 Å². The molecule has 1 aromatic heterocycles. The normalized spacial score (nSPS) is 12.3. The van der Waals surface area contributed by atoms with Crippen LogP contribution in [0.1, 0.15) is 68.2 Å². The Bertz CT molecular complexity index is 1110. The smallest absolute Gasteiger partial charge is 0.254 e. The highest BCUT2D eigenvalue weighted by Gasteiger charge is 2.26. The zero-order valence-electron chi connectivity index (χ0n) is 22.0. The van der Waals surface area contributed by atoms with Gasteiger partial charge in [0.1, 0.15) is 6.54 Å². The van der Waals surface area contributed by atoms with E-state index in [-0.39, 0.29) is 29.8 Å². The monoisotopic (exact) mass is 473 g/mol. The van der Waals surface area contributed by atoms with Crippen LogP contribution in [0.5, 0.6) is 0 Å². The lowest BCUT2D eigenvalue weighted by atomic mass is 9.86. The third kappa shape index (κ3) is 6.84. The lowest BCUT2D eigenvalue weighted by Gasteiger charge is -2.31. The van der Waals surface area contributed by atoms with Gasteiger partial charge in [0.2, 0.25) is 5.91 Å². The van der Waals surface area contributed by atoms with Crippen LogP contribution in [0.2, 0.25) is 0 Å². The summed E-state index contributed by atoms with van der Waals surface area (Å²) in [7, 11) is 1.98. The van der Waals surface area contributed by atoms with Crippen molar-refractivity contribution in [3.63, 3.8) is 0 Å². The lowest BCUT2D eigenvalue weighted by Crippen LogP contribution is -2.46. The molecule has 35 heavy (non-hydrogen) atoms. The van der Waals surface area contributed by atoms with Gasteiger partial charge in [0, 0.05) is 37.1 Å². The minimum Gasteiger partial charge on any atom is -0.353 e. The number of aryl methyl sites for hydroxylation is 1. The van der Waals surface area contributed by atoms with Crippen LogP contribution in [0.25, 0.3) is 0 Å². The van der Waals surface area contributed by atoms with Gasteiger partial charge in [-0.2, -0.15) is 0 Å². The summed E-state index contributed by atoms with van der Waals surface area (Å²) in [5.74, 6) is -0.165. The maximum Gasteiger partial charge on any atom is 0.254 e. The van der Waals surface area contributed by atoms with Crippen LogP contribution in [0.15, 0.2) is 72.9 Å². The van der Waals surface area contributed by atoms with Crippen molar-refractivity contribution < 1.29 is 9.59 Å². The highest BCUT2D eigenvalue weighted by Crippen LogP contribution is 2.23. The van der Waals surface area contributed by atoms with E-state index in [1.54, 1.807) is 4.90 Å². The van der Waals surface area contributed by atoms with E-state index in [1.165, 1.54) is 5.56 Å². The van der Waals surface area contributed by atoms with Gasteiger partial charge in [-0.1, -0.05) is 70.2 Å². The number of carbonyl (C=O) groups excluding carboxylic acids is 2. The molecular formula is C30H39N3O2. The number of benzene rings is 2. The second-order valence-corrected chi connectivity index (χ2v) is 10.4. The molecule has 0 saturated heterocycles. The number of nitrogens with zero attached hydrogens (tertiary/aromatic N) is 3. The summed E-state index contributed by atoms with van der Waals surface area (Å²) in [4.78, 5) is 30.8. The molecule has 0 fully saturated rings. The Morgan fingerprint density at radius 3 is 2.11 bits per heavy atom. The van der Waals surface area contributed by atoms with Gasteiger partial charge >= 0.3 is 0 Å². The van der Waals surface area contributed by atoms with E-state index in [0.717, 1.165) is 17.7 Å². The van der Waals surface area contributed by atoms with E-state index in [4.69, 9.17) is 0 Å². The highest BCUT2D eigenvalue weighted by molar-refractivity contribution is 5.96. The fourth-order valence-electron chi connectivity index (χ4n) is 4.06. The second-order valence-electron chi connectivity index (χ2n) is 10.4. The van der Waals surface area contributed by atoms with E-state index >= 15 is 0 Å². The van der Waals surface area contributed by atoms with E-state index < -0.39 is 0 Å². The molecule has 0 aliphatic heterocycles. The third-order valence-corrected chi connectivity index (χ3v) is 6.66. The number of hydrogen-bond acceptors (Lipinski definition) is 2. The van der Waals surface area contributed by atoms with Gasteiger partial charge in [-0.05, 0) is 54.2 Å².